The summed E-state index contributed by atoms with van der Waals surface area (Å²) in [5, 5.41) is 0.104. The van der Waals surface area contributed by atoms with Crippen molar-refractivity contribution in [2.75, 3.05) is 0 Å². The lowest BCUT2D eigenvalue weighted by atomic mass is 10.2. The van der Waals surface area contributed by atoms with Gasteiger partial charge in [-0.2, -0.15) is 0 Å². The first-order valence-corrected chi connectivity index (χ1v) is 6.51. The number of hydrogen-bond donors (Lipinski definition) is 0. The minimum atomic E-state index is -0.358. The molecule has 0 fully saturated rings. The maximum atomic E-state index is 13.1. The Labute approximate surface area is 115 Å². The standard InChI is InChI=1S/C12H4Cl2FNOS/c13-10-7(17)4-9-12(11(10)14)16-6-2-1-5(15)3-8(6)18-9/h1-4H. The molecule has 6 heteroatoms. The second kappa shape index (κ2) is 4.16. The first-order chi connectivity index (χ1) is 8.56. The highest BCUT2D eigenvalue weighted by Gasteiger charge is 2.16. The molecule has 1 aliphatic carbocycles. The Balaban J connectivity index is 2.50. The minimum absolute atomic E-state index is 0.0367. The van der Waals surface area contributed by atoms with Crippen LogP contribution >= 0.6 is 34.5 Å². The predicted molar refractivity (Wildman–Crippen MR) is 72.5 cm³/mol. The Kier molecular flexibility index (Phi) is 2.73. The predicted octanol–water partition coefficient (Wildman–Crippen LogP) is 4.21. The van der Waals surface area contributed by atoms with Crippen LogP contribution in [0.1, 0.15) is 0 Å². The van der Waals surface area contributed by atoms with Crippen LogP contribution in [-0.2, 0) is 0 Å². The zero-order valence-electron chi connectivity index (χ0n) is 8.71. The zero-order valence-corrected chi connectivity index (χ0v) is 11.0. The average molecular weight is 300 g/mol. The van der Waals surface area contributed by atoms with Crippen LogP contribution in [-0.4, -0.2) is 4.98 Å². The van der Waals surface area contributed by atoms with E-state index in [-0.39, 0.29) is 21.3 Å². The van der Waals surface area contributed by atoms with Crippen molar-refractivity contribution in [1.29, 1.82) is 0 Å². The molecule has 0 atom stereocenters. The zero-order chi connectivity index (χ0) is 12.9. The van der Waals surface area contributed by atoms with Gasteiger partial charge in [0.1, 0.15) is 16.5 Å². The SMILES string of the molecule is O=c1cc2sc3cc(F)ccc3nc-2c(Cl)c1Cl. The normalized spacial score (nSPS) is 11.3. The van der Waals surface area contributed by atoms with Gasteiger partial charge in [-0.15, -0.1) is 11.3 Å². The first-order valence-electron chi connectivity index (χ1n) is 4.94. The fraction of sp³-hybridized carbons (Fsp3) is 0. The molecular weight excluding hydrogens is 296 g/mol. The molecule has 0 aromatic heterocycles. The van der Waals surface area contributed by atoms with Gasteiger partial charge in [-0.25, -0.2) is 9.37 Å². The van der Waals surface area contributed by atoms with Gasteiger partial charge in [0.2, 0.25) is 0 Å². The van der Waals surface area contributed by atoms with Gasteiger partial charge in [0.05, 0.1) is 20.1 Å². The van der Waals surface area contributed by atoms with Gasteiger partial charge >= 0.3 is 0 Å². The van der Waals surface area contributed by atoms with Crippen LogP contribution in [0.25, 0.3) is 20.8 Å². The number of aromatic nitrogens is 1. The first kappa shape index (κ1) is 11.8. The van der Waals surface area contributed by atoms with Crippen LogP contribution in [0.2, 0.25) is 10.0 Å². The van der Waals surface area contributed by atoms with Gasteiger partial charge < -0.3 is 0 Å². The Morgan fingerprint density at radius 3 is 2.72 bits per heavy atom. The third-order valence-corrected chi connectivity index (χ3v) is 4.40. The summed E-state index contributed by atoms with van der Waals surface area (Å²) in [6.07, 6.45) is 0. The summed E-state index contributed by atoms with van der Waals surface area (Å²) in [7, 11) is 0. The van der Waals surface area contributed by atoms with Gasteiger partial charge in [0, 0.05) is 6.07 Å². The molecule has 0 unspecified atom stereocenters. The van der Waals surface area contributed by atoms with E-state index < -0.39 is 0 Å². The van der Waals surface area contributed by atoms with E-state index in [1.165, 1.54) is 29.5 Å². The molecule has 3 rings (SSSR count). The third kappa shape index (κ3) is 1.77. The Bertz CT molecular complexity index is 802. The highest BCUT2D eigenvalue weighted by molar-refractivity contribution is 7.21. The molecule has 0 radical (unpaired) electrons. The molecule has 0 saturated heterocycles. The highest BCUT2D eigenvalue weighted by atomic mass is 35.5. The number of fused-ring (bicyclic) bond motifs is 2. The van der Waals surface area contributed by atoms with E-state index in [0.29, 0.717) is 20.8 Å². The summed E-state index contributed by atoms with van der Waals surface area (Å²) in [4.78, 5) is 16.4. The van der Waals surface area contributed by atoms with Crippen LogP contribution in [0.15, 0.2) is 29.1 Å². The molecule has 1 aromatic carbocycles. The molecule has 2 aliphatic rings. The lowest BCUT2D eigenvalue weighted by Gasteiger charge is -2.08. The van der Waals surface area contributed by atoms with Gasteiger partial charge in [-0.3, -0.25) is 4.79 Å². The maximum absolute atomic E-state index is 13.1. The van der Waals surface area contributed by atoms with Crippen molar-refractivity contribution in [2.45, 2.75) is 0 Å². The highest BCUT2D eigenvalue weighted by Crippen LogP contribution is 2.37. The van der Waals surface area contributed by atoms with E-state index in [9.17, 15) is 9.18 Å². The molecule has 2 nitrogen and oxygen atoms in total. The second-order valence-corrected chi connectivity index (χ2v) is 5.52. The number of hydrogen-bond acceptors (Lipinski definition) is 3. The van der Waals surface area contributed by atoms with Crippen LogP contribution in [0.4, 0.5) is 4.39 Å². The minimum Gasteiger partial charge on any atom is -0.288 e. The van der Waals surface area contributed by atoms with Crippen molar-refractivity contribution in [1.82, 2.24) is 4.98 Å². The van der Waals surface area contributed by atoms with E-state index in [0.717, 1.165) is 0 Å². The number of halogens is 3. The molecule has 18 heavy (non-hydrogen) atoms. The van der Waals surface area contributed by atoms with E-state index in [2.05, 4.69) is 4.98 Å². The lowest BCUT2D eigenvalue weighted by molar-refractivity contribution is 0.630. The van der Waals surface area contributed by atoms with Crippen molar-refractivity contribution < 1.29 is 4.39 Å². The van der Waals surface area contributed by atoms with Crippen molar-refractivity contribution in [3.63, 3.8) is 0 Å². The Morgan fingerprint density at radius 2 is 1.94 bits per heavy atom. The maximum Gasteiger partial charge on any atom is 0.200 e. The topological polar surface area (TPSA) is 30.0 Å². The van der Waals surface area contributed by atoms with Crippen molar-refractivity contribution >= 4 is 44.8 Å². The third-order valence-electron chi connectivity index (χ3n) is 2.49. The van der Waals surface area contributed by atoms with Crippen LogP contribution < -0.4 is 5.43 Å². The van der Waals surface area contributed by atoms with Crippen LogP contribution in [0.5, 0.6) is 0 Å². The summed E-state index contributed by atoms with van der Waals surface area (Å²) in [5.41, 5.74) is 0.721. The van der Waals surface area contributed by atoms with Gasteiger partial charge in [-0.05, 0) is 18.2 Å². The fourth-order valence-corrected chi connectivity index (χ4v) is 3.13. The molecule has 0 spiro atoms. The number of rotatable bonds is 0. The molecule has 1 heterocycles. The second-order valence-electron chi connectivity index (χ2n) is 3.68. The summed E-state index contributed by atoms with van der Waals surface area (Å²) in [6, 6.07) is 5.63. The average Bonchev–Trinajstić information content (AvgIpc) is 2.34. The molecule has 0 bridgehead atoms. The largest absolute Gasteiger partial charge is 0.288 e. The molecule has 1 aliphatic heterocycles. The van der Waals surface area contributed by atoms with Gasteiger partial charge in [-0.1, -0.05) is 23.2 Å². The summed E-state index contributed by atoms with van der Waals surface area (Å²) < 4.78 is 13.8. The smallest absolute Gasteiger partial charge is 0.200 e. The number of benzene rings is 2. The molecular formula is C12H4Cl2FNOS. The van der Waals surface area contributed by atoms with E-state index in [1.807, 2.05) is 0 Å². The molecule has 1 aromatic rings. The summed E-state index contributed by atoms with van der Waals surface area (Å²) >= 11 is 13.1. The van der Waals surface area contributed by atoms with E-state index in [4.69, 9.17) is 23.2 Å². The van der Waals surface area contributed by atoms with Gasteiger partial charge in [0.15, 0.2) is 5.43 Å². The lowest BCUT2D eigenvalue weighted by Crippen LogP contribution is -2.03. The quantitative estimate of drug-likeness (QED) is 0.582. The van der Waals surface area contributed by atoms with Crippen molar-refractivity contribution in [3.8, 4) is 10.6 Å². The van der Waals surface area contributed by atoms with Crippen molar-refractivity contribution in [2.24, 2.45) is 0 Å². The Hall–Kier alpha value is -1.23. The summed E-state index contributed by atoms with van der Waals surface area (Å²) in [5.74, 6) is -0.345. The van der Waals surface area contributed by atoms with Crippen LogP contribution in [0, 0.1) is 5.82 Å². The van der Waals surface area contributed by atoms with Crippen molar-refractivity contribution in [3.05, 3.63) is 50.4 Å². The molecule has 90 valence electrons. The van der Waals surface area contributed by atoms with E-state index >= 15 is 0 Å². The fourth-order valence-electron chi connectivity index (χ4n) is 1.65. The Morgan fingerprint density at radius 1 is 1.17 bits per heavy atom. The monoisotopic (exact) mass is 299 g/mol. The van der Waals surface area contributed by atoms with E-state index in [1.54, 1.807) is 6.07 Å². The molecule has 0 amide bonds. The molecule has 0 N–H and O–H groups in total. The molecule has 0 saturated carbocycles. The van der Waals surface area contributed by atoms with Crippen LogP contribution in [0.3, 0.4) is 0 Å². The number of nitrogens with zero attached hydrogens (tertiary/aromatic N) is 1. The van der Waals surface area contributed by atoms with Gasteiger partial charge in [0.25, 0.3) is 0 Å². The summed E-state index contributed by atoms with van der Waals surface area (Å²) in [6.45, 7) is 0.